The lowest BCUT2D eigenvalue weighted by atomic mass is 10.1. The molecule has 0 spiro atoms. The van der Waals surface area contributed by atoms with Gasteiger partial charge in [-0.15, -0.1) is 11.8 Å². The number of carbonyl (C=O) groups excluding carboxylic acids is 4. The van der Waals surface area contributed by atoms with Crippen LogP contribution in [0.5, 0.6) is 0 Å². The largest absolute Gasteiger partial charge is 0.321 e. The van der Waals surface area contributed by atoms with Crippen LogP contribution in [-0.4, -0.2) is 29.5 Å². The highest BCUT2D eigenvalue weighted by atomic mass is 32.2. The number of carbonyl (C=O) groups is 4. The Hall–Kier alpha value is -6.33. The number of nitrogens with one attached hydrogen (secondary N) is 3. The maximum atomic E-state index is 13.6. The highest BCUT2D eigenvalue weighted by molar-refractivity contribution is 8.00. The van der Waals surface area contributed by atoms with E-state index in [-0.39, 0.29) is 29.8 Å². The van der Waals surface area contributed by atoms with Crippen LogP contribution in [0.15, 0.2) is 155 Å². The van der Waals surface area contributed by atoms with Gasteiger partial charge in [0, 0.05) is 16.1 Å². The summed E-state index contributed by atoms with van der Waals surface area (Å²) < 4.78 is 13.5. The van der Waals surface area contributed by atoms with E-state index in [0.717, 1.165) is 10.5 Å². The van der Waals surface area contributed by atoms with E-state index in [1.807, 2.05) is 36.4 Å². The molecular formula is C39H30FN5O4S. The molecule has 0 aliphatic carbocycles. The molecule has 0 radical (unpaired) electrons. The number of halogens is 1. The van der Waals surface area contributed by atoms with Crippen molar-refractivity contribution < 1.29 is 23.6 Å². The van der Waals surface area contributed by atoms with Crippen molar-refractivity contribution >= 4 is 58.7 Å². The Morgan fingerprint density at radius 3 is 2.04 bits per heavy atom. The van der Waals surface area contributed by atoms with Gasteiger partial charge in [-0.25, -0.2) is 4.39 Å². The third kappa shape index (κ3) is 8.57. The molecule has 248 valence electrons. The van der Waals surface area contributed by atoms with E-state index in [1.54, 1.807) is 78.9 Å². The number of amidine groups is 1. The van der Waals surface area contributed by atoms with Crippen molar-refractivity contribution in [2.75, 3.05) is 10.3 Å². The van der Waals surface area contributed by atoms with Gasteiger partial charge in [0.1, 0.15) is 22.6 Å². The number of hydrazone groups is 1. The van der Waals surface area contributed by atoms with Gasteiger partial charge in [0.05, 0.1) is 12.1 Å². The molecular weight excluding hydrogens is 654 g/mol. The quantitative estimate of drug-likeness (QED) is 0.109. The van der Waals surface area contributed by atoms with E-state index in [9.17, 15) is 23.6 Å². The van der Waals surface area contributed by atoms with Gasteiger partial charge in [-0.05, 0) is 77.9 Å². The summed E-state index contributed by atoms with van der Waals surface area (Å²) in [4.78, 5) is 53.4. The minimum atomic E-state index is -0.682. The Balaban J connectivity index is 1.16. The van der Waals surface area contributed by atoms with Crippen molar-refractivity contribution in [2.24, 2.45) is 5.10 Å². The van der Waals surface area contributed by atoms with Crippen LogP contribution in [-0.2, 0) is 14.4 Å². The van der Waals surface area contributed by atoms with Crippen molar-refractivity contribution in [3.05, 3.63) is 168 Å². The van der Waals surface area contributed by atoms with Crippen molar-refractivity contribution in [1.82, 2.24) is 10.6 Å². The van der Waals surface area contributed by atoms with E-state index in [2.05, 4.69) is 21.1 Å². The molecule has 1 aliphatic heterocycles. The number of anilines is 2. The highest BCUT2D eigenvalue weighted by Crippen LogP contribution is 2.36. The number of amides is 4. The Morgan fingerprint density at radius 2 is 1.38 bits per heavy atom. The second-order valence-corrected chi connectivity index (χ2v) is 12.2. The molecule has 50 heavy (non-hydrogen) atoms. The topological polar surface area (TPSA) is 120 Å². The summed E-state index contributed by atoms with van der Waals surface area (Å²) >= 11 is 1.30. The third-order valence-electron chi connectivity index (χ3n) is 7.46. The first-order chi connectivity index (χ1) is 24.3. The van der Waals surface area contributed by atoms with Gasteiger partial charge in [0.25, 0.3) is 17.7 Å². The molecule has 5 aromatic rings. The van der Waals surface area contributed by atoms with Gasteiger partial charge in [-0.3, -0.25) is 19.2 Å². The van der Waals surface area contributed by atoms with Gasteiger partial charge < -0.3 is 16.0 Å². The molecule has 3 N–H and O–H groups in total. The number of rotatable bonds is 10. The average molecular weight is 684 g/mol. The predicted molar refractivity (Wildman–Crippen MR) is 193 cm³/mol. The Labute approximate surface area is 291 Å². The monoisotopic (exact) mass is 683 g/mol. The number of thioether (sulfide) groups is 1. The molecule has 0 bridgehead atoms. The minimum Gasteiger partial charge on any atom is -0.321 e. The van der Waals surface area contributed by atoms with Crippen LogP contribution < -0.4 is 21.0 Å². The first kappa shape index (κ1) is 33.6. The molecule has 1 atom stereocenters. The van der Waals surface area contributed by atoms with Crippen LogP contribution >= 0.6 is 11.8 Å². The molecule has 9 nitrogen and oxygen atoms in total. The van der Waals surface area contributed by atoms with Gasteiger partial charge in [-0.1, -0.05) is 78.9 Å². The fourth-order valence-corrected chi connectivity index (χ4v) is 6.02. The molecule has 4 amide bonds. The lowest BCUT2D eigenvalue weighted by Gasteiger charge is -2.17. The van der Waals surface area contributed by atoms with Gasteiger partial charge >= 0.3 is 0 Å². The molecule has 1 heterocycles. The number of benzene rings is 5. The average Bonchev–Trinajstić information content (AvgIpc) is 3.52. The van der Waals surface area contributed by atoms with Crippen LogP contribution in [0.3, 0.4) is 0 Å². The van der Waals surface area contributed by atoms with Crippen molar-refractivity contribution in [3.63, 3.8) is 0 Å². The smallest absolute Gasteiger partial charge is 0.272 e. The third-order valence-corrected chi connectivity index (χ3v) is 8.73. The number of nitrogens with zero attached hydrogens (tertiary/aromatic N) is 2. The number of hydrogen-bond acceptors (Lipinski definition) is 6. The molecule has 0 saturated heterocycles. The summed E-state index contributed by atoms with van der Waals surface area (Å²) in [6, 6.07) is 39.1. The molecule has 1 unspecified atom stereocenters. The molecule has 0 aromatic heterocycles. The van der Waals surface area contributed by atoms with Crippen molar-refractivity contribution in [3.8, 4) is 0 Å². The van der Waals surface area contributed by atoms with Crippen LogP contribution in [0.25, 0.3) is 6.08 Å². The highest BCUT2D eigenvalue weighted by Gasteiger charge is 2.29. The Morgan fingerprint density at radius 1 is 0.760 bits per heavy atom. The van der Waals surface area contributed by atoms with Crippen LogP contribution in [0.4, 0.5) is 15.8 Å². The molecule has 6 rings (SSSR count). The first-order valence-electron chi connectivity index (χ1n) is 15.6. The zero-order chi connectivity index (χ0) is 34.9. The van der Waals surface area contributed by atoms with E-state index in [0.29, 0.717) is 22.5 Å². The summed E-state index contributed by atoms with van der Waals surface area (Å²) in [7, 11) is 0. The summed E-state index contributed by atoms with van der Waals surface area (Å²) in [6.07, 6.45) is 1.43. The minimum absolute atomic E-state index is 0.0371. The second kappa shape index (κ2) is 15.7. The second-order valence-electron chi connectivity index (χ2n) is 11.1. The molecule has 1 aliphatic rings. The number of hydrogen-bond donors (Lipinski definition) is 3. The van der Waals surface area contributed by atoms with Crippen molar-refractivity contribution in [2.45, 2.75) is 16.6 Å². The predicted octanol–water partition coefficient (Wildman–Crippen LogP) is 6.94. The molecule has 0 fully saturated rings. The fourth-order valence-electron chi connectivity index (χ4n) is 5.00. The molecule has 0 saturated carbocycles. The van der Waals surface area contributed by atoms with Gasteiger partial charge in [0.15, 0.2) is 0 Å². The summed E-state index contributed by atoms with van der Waals surface area (Å²) in [6.45, 7) is 0. The Kier molecular flexibility index (Phi) is 10.5. The summed E-state index contributed by atoms with van der Waals surface area (Å²) in [5.74, 6) is -1.83. The number of para-hydroxylation sites is 1. The van der Waals surface area contributed by atoms with Crippen LogP contribution in [0.1, 0.15) is 33.2 Å². The van der Waals surface area contributed by atoms with Crippen LogP contribution in [0.2, 0.25) is 0 Å². The first-order valence-corrected chi connectivity index (χ1v) is 16.4. The Bertz CT molecular complexity index is 2060. The van der Waals surface area contributed by atoms with E-state index < -0.39 is 22.9 Å². The summed E-state index contributed by atoms with van der Waals surface area (Å²) in [5.41, 5.74) is 2.65. The SMILES string of the molecule is O=C(Nc1ccc(SC(C(=O)NC2=NN(c3ccccc3)C(=O)C2)c2ccccc2)cc1)/C(=C/c1ccc(F)cc1)NC(=O)c1ccccc1. The fraction of sp³-hybridized carbons (Fsp3) is 0.0513. The van der Waals surface area contributed by atoms with Crippen molar-refractivity contribution in [1.29, 1.82) is 0 Å². The maximum Gasteiger partial charge on any atom is 0.272 e. The van der Waals surface area contributed by atoms with E-state index >= 15 is 0 Å². The summed E-state index contributed by atoms with van der Waals surface area (Å²) in [5, 5.41) is 13.2. The van der Waals surface area contributed by atoms with Crippen LogP contribution in [0, 0.1) is 5.82 Å². The molecule has 11 heteroatoms. The van der Waals surface area contributed by atoms with E-state index in [4.69, 9.17) is 0 Å². The van der Waals surface area contributed by atoms with Gasteiger partial charge in [-0.2, -0.15) is 10.1 Å². The lowest BCUT2D eigenvalue weighted by Crippen LogP contribution is -2.33. The lowest BCUT2D eigenvalue weighted by molar-refractivity contribution is -0.119. The normalized spacial score (nSPS) is 13.3. The van der Waals surface area contributed by atoms with E-state index in [1.165, 1.54) is 47.1 Å². The zero-order valence-corrected chi connectivity index (χ0v) is 27.3. The standard InChI is InChI=1S/C39H30FN5O4S/c40-29-18-16-26(17-19-29)24-33(42-37(47)28-12-6-2-7-13-28)38(48)41-30-20-22-32(23-21-30)50-36(27-10-4-1-5-11-27)39(49)43-34-25-35(46)45(44-34)31-14-8-3-9-15-31/h1-24,36H,25H2,(H,41,48)(H,42,47)(H,43,44,49)/b33-24-. The van der Waals surface area contributed by atoms with Gasteiger partial charge in [0.2, 0.25) is 5.91 Å². The molecule has 5 aromatic carbocycles. The zero-order valence-electron chi connectivity index (χ0n) is 26.5. The maximum absolute atomic E-state index is 13.6.